The summed E-state index contributed by atoms with van der Waals surface area (Å²) in [7, 11) is 0. The number of unbranched alkanes of at least 4 members (excludes halogenated alkanes) is 11. The third-order valence-corrected chi connectivity index (χ3v) is 4.81. The first kappa shape index (κ1) is 22.6. The molecule has 0 aromatic carbocycles. The SMILES string of the molecule is CCC(N)C(=O)CCCCCCCCCCCCCCC(C)C. The summed E-state index contributed by atoms with van der Waals surface area (Å²) in [5, 5.41) is 0. The van der Waals surface area contributed by atoms with Crippen molar-refractivity contribution in [2.75, 3.05) is 0 Å². The van der Waals surface area contributed by atoms with E-state index in [9.17, 15) is 4.79 Å². The maximum atomic E-state index is 11.6. The van der Waals surface area contributed by atoms with E-state index in [2.05, 4.69) is 13.8 Å². The van der Waals surface area contributed by atoms with Crippen LogP contribution in [0.4, 0.5) is 0 Å². The average Bonchev–Trinajstić information content (AvgIpc) is 2.53. The molecular weight excluding hydrogens is 282 g/mol. The molecule has 0 aromatic rings. The van der Waals surface area contributed by atoms with Gasteiger partial charge in [0.15, 0.2) is 0 Å². The second-order valence-corrected chi connectivity index (χ2v) is 7.66. The van der Waals surface area contributed by atoms with Crippen LogP contribution in [0.3, 0.4) is 0 Å². The van der Waals surface area contributed by atoms with Crippen molar-refractivity contribution in [1.29, 1.82) is 0 Å². The molecule has 0 radical (unpaired) electrons. The molecule has 23 heavy (non-hydrogen) atoms. The van der Waals surface area contributed by atoms with Crippen LogP contribution in [0.25, 0.3) is 0 Å². The van der Waals surface area contributed by atoms with Gasteiger partial charge in [0.05, 0.1) is 6.04 Å². The first-order valence-corrected chi connectivity index (χ1v) is 10.4. The maximum Gasteiger partial charge on any atom is 0.149 e. The van der Waals surface area contributed by atoms with Gasteiger partial charge in [-0.15, -0.1) is 0 Å². The quantitative estimate of drug-likeness (QED) is 0.314. The predicted octanol–water partition coefficient (Wildman–Crippen LogP) is 6.41. The number of nitrogens with two attached hydrogens (primary N) is 1. The van der Waals surface area contributed by atoms with E-state index >= 15 is 0 Å². The van der Waals surface area contributed by atoms with Gasteiger partial charge in [-0.05, 0) is 18.8 Å². The Balaban J connectivity index is 3.12. The molecule has 0 amide bonds. The zero-order chi connectivity index (χ0) is 17.3. The third kappa shape index (κ3) is 16.3. The molecule has 1 atom stereocenters. The van der Waals surface area contributed by atoms with Gasteiger partial charge in [-0.3, -0.25) is 4.79 Å². The van der Waals surface area contributed by atoms with E-state index in [1.807, 2.05) is 6.92 Å². The summed E-state index contributed by atoms with van der Waals surface area (Å²) >= 11 is 0. The molecule has 0 rings (SSSR count). The molecule has 0 aliphatic rings. The van der Waals surface area contributed by atoms with E-state index in [4.69, 9.17) is 5.73 Å². The fourth-order valence-corrected chi connectivity index (χ4v) is 3.03. The Bertz CT molecular complexity index is 263. The summed E-state index contributed by atoms with van der Waals surface area (Å²) in [6, 6.07) is -0.222. The smallest absolute Gasteiger partial charge is 0.149 e. The molecule has 2 heteroatoms. The topological polar surface area (TPSA) is 43.1 Å². The van der Waals surface area contributed by atoms with E-state index in [1.165, 1.54) is 77.0 Å². The Kier molecular flexibility index (Phi) is 16.2. The van der Waals surface area contributed by atoms with Gasteiger partial charge in [-0.25, -0.2) is 0 Å². The van der Waals surface area contributed by atoms with Crippen LogP contribution in [0.1, 0.15) is 117 Å². The van der Waals surface area contributed by atoms with Crippen LogP contribution in [-0.2, 0) is 4.79 Å². The molecule has 138 valence electrons. The zero-order valence-corrected chi connectivity index (χ0v) is 16.2. The molecule has 0 aliphatic carbocycles. The normalized spacial score (nSPS) is 12.7. The van der Waals surface area contributed by atoms with Crippen molar-refractivity contribution >= 4 is 5.78 Å². The monoisotopic (exact) mass is 325 g/mol. The second-order valence-electron chi connectivity index (χ2n) is 7.66. The van der Waals surface area contributed by atoms with Gasteiger partial charge in [0.25, 0.3) is 0 Å². The minimum Gasteiger partial charge on any atom is -0.322 e. The van der Waals surface area contributed by atoms with E-state index in [0.29, 0.717) is 6.42 Å². The number of Topliss-reactive ketones (excluding diaryl/α,β-unsaturated/α-hetero) is 1. The fraction of sp³-hybridized carbons (Fsp3) is 0.952. The standard InChI is InChI=1S/C21H43NO/c1-4-20(22)21(23)18-16-14-12-10-8-6-5-7-9-11-13-15-17-19(2)3/h19-20H,4-18,22H2,1-3H3. The summed E-state index contributed by atoms with van der Waals surface area (Å²) in [6.45, 7) is 6.62. The molecule has 0 heterocycles. The van der Waals surface area contributed by atoms with Gasteiger partial charge in [0.1, 0.15) is 5.78 Å². The van der Waals surface area contributed by atoms with Crippen LogP contribution >= 0.6 is 0 Å². The molecule has 0 bridgehead atoms. The van der Waals surface area contributed by atoms with Crippen molar-refractivity contribution in [3.63, 3.8) is 0 Å². The molecule has 0 aromatic heterocycles. The number of carbonyl (C=O) groups is 1. The van der Waals surface area contributed by atoms with Crippen LogP contribution in [0.2, 0.25) is 0 Å². The molecule has 1 unspecified atom stereocenters. The van der Waals surface area contributed by atoms with Crippen LogP contribution in [-0.4, -0.2) is 11.8 Å². The van der Waals surface area contributed by atoms with E-state index in [1.54, 1.807) is 0 Å². The van der Waals surface area contributed by atoms with Crippen molar-refractivity contribution in [3.05, 3.63) is 0 Å². The zero-order valence-electron chi connectivity index (χ0n) is 16.2. The second kappa shape index (κ2) is 16.5. The lowest BCUT2D eigenvalue weighted by Gasteiger charge is -2.07. The van der Waals surface area contributed by atoms with Crippen LogP contribution in [0.15, 0.2) is 0 Å². The molecule has 0 aliphatic heterocycles. The van der Waals surface area contributed by atoms with Gasteiger partial charge in [-0.1, -0.05) is 97.8 Å². The molecule has 0 saturated heterocycles. The number of hydrogen-bond donors (Lipinski definition) is 1. The fourth-order valence-electron chi connectivity index (χ4n) is 3.03. The number of carbonyl (C=O) groups excluding carboxylic acids is 1. The van der Waals surface area contributed by atoms with Crippen molar-refractivity contribution in [3.8, 4) is 0 Å². The Morgan fingerprint density at radius 2 is 1.13 bits per heavy atom. The van der Waals surface area contributed by atoms with E-state index in [0.717, 1.165) is 18.8 Å². The minimum absolute atomic E-state index is 0.222. The van der Waals surface area contributed by atoms with Gasteiger partial charge in [0.2, 0.25) is 0 Å². The Morgan fingerprint density at radius 3 is 1.52 bits per heavy atom. The Hall–Kier alpha value is -0.370. The average molecular weight is 326 g/mol. The molecular formula is C21H43NO. The number of ketones is 1. The van der Waals surface area contributed by atoms with Crippen molar-refractivity contribution in [1.82, 2.24) is 0 Å². The summed E-state index contributed by atoms with van der Waals surface area (Å²) in [6.07, 6.45) is 19.0. The molecule has 0 fully saturated rings. The van der Waals surface area contributed by atoms with E-state index < -0.39 is 0 Å². The molecule has 2 nitrogen and oxygen atoms in total. The highest BCUT2D eigenvalue weighted by Crippen LogP contribution is 2.14. The first-order valence-electron chi connectivity index (χ1n) is 10.4. The summed E-state index contributed by atoms with van der Waals surface area (Å²) in [5.74, 6) is 1.12. The predicted molar refractivity (Wildman–Crippen MR) is 103 cm³/mol. The highest BCUT2D eigenvalue weighted by atomic mass is 16.1. The molecule has 0 saturated carbocycles. The lowest BCUT2D eigenvalue weighted by molar-refractivity contribution is -0.120. The molecule has 0 spiro atoms. The van der Waals surface area contributed by atoms with Crippen LogP contribution < -0.4 is 5.73 Å². The Morgan fingerprint density at radius 1 is 0.739 bits per heavy atom. The summed E-state index contributed by atoms with van der Waals surface area (Å²) in [5.41, 5.74) is 5.73. The highest BCUT2D eigenvalue weighted by molar-refractivity contribution is 5.83. The maximum absolute atomic E-state index is 11.6. The lowest BCUT2D eigenvalue weighted by Crippen LogP contribution is -2.29. The largest absolute Gasteiger partial charge is 0.322 e. The Labute approximate surface area is 146 Å². The lowest BCUT2D eigenvalue weighted by atomic mass is 10.0. The molecule has 2 N–H and O–H groups in total. The van der Waals surface area contributed by atoms with Crippen LogP contribution in [0.5, 0.6) is 0 Å². The van der Waals surface area contributed by atoms with Crippen LogP contribution in [0, 0.1) is 5.92 Å². The van der Waals surface area contributed by atoms with Gasteiger partial charge in [0, 0.05) is 6.42 Å². The first-order chi connectivity index (χ1) is 11.1. The number of rotatable bonds is 17. The minimum atomic E-state index is -0.222. The third-order valence-electron chi connectivity index (χ3n) is 4.81. The highest BCUT2D eigenvalue weighted by Gasteiger charge is 2.09. The van der Waals surface area contributed by atoms with Gasteiger partial charge < -0.3 is 5.73 Å². The number of hydrogen-bond acceptors (Lipinski definition) is 2. The van der Waals surface area contributed by atoms with Crippen molar-refractivity contribution in [2.24, 2.45) is 11.7 Å². The summed E-state index contributed by atoms with van der Waals surface area (Å²) < 4.78 is 0. The van der Waals surface area contributed by atoms with E-state index in [-0.39, 0.29) is 11.8 Å². The van der Waals surface area contributed by atoms with Crippen molar-refractivity contribution in [2.45, 2.75) is 123 Å². The van der Waals surface area contributed by atoms with Gasteiger partial charge >= 0.3 is 0 Å². The van der Waals surface area contributed by atoms with Crippen molar-refractivity contribution < 1.29 is 4.79 Å². The summed E-state index contributed by atoms with van der Waals surface area (Å²) in [4.78, 5) is 11.6. The van der Waals surface area contributed by atoms with Gasteiger partial charge in [-0.2, -0.15) is 0 Å².